The van der Waals surface area contributed by atoms with E-state index >= 15 is 0 Å². The molecule has 0 bridgehead atoms. The van der Waals surface area contributed by atoms with Gasteiger partial charge in [-0.15, -0.1) is 11.3 Å². The smallest absolute Gasteiger partial charge is 0.172 e. The molecule has 0 saturated heterocycles. The Morgan fingerprint density at radius 1 is 1.04 bits per heavy atom. The Hall–Kier alpha value is -2.50. The predicted octanol–water partition coefficient (Wildman–Crippen LogP) is 5.62. The molecule has 0 saturated carbocycles. The highest BCUT2D eigenvalue weighted by molar-refractivity contribution is 7.18. The number of ketones is 1. The molecule has 1 aliphatic rings. The highest BCUT2D eigenvalue weighted by Gasteiger charge is 2.23. The van der Waals surface area contributed by atoms with Gasteiger partial charge in [0.2, 0.25) is 0 Å². The lowest BCUT2D eigenvalue weighted by Gasteiger charge is -2.07. The Bertz CT molecular complexity index is 967. The van der Waals surface area contributed by atoms with Crippen LogP contribution in [0, 0.1) is 0 Å². The molecular formula is C21H17ClN2O2S. The predicted molar refractivity (Wildman–Crippen MR) is 109 cm³/mol. The van der Waals surface area contributed by atoms with E-state index < -0.39 is 0 Å². The van der Waals surface area contributed by atoms with Crippen LogP contribution in [0.1, 0.15) is 34.5 Å². The number of Topliss-reactive ketones (excluding diaryl/α,β-unsaturated/α-hetero) is 1. The second-order valence-corrected chi connectivity index (χ2v) is 8.06. The first kappa shape index (κ1) is 17.9. The van der Waals surface area contributed by atoms with Gasteiger partial charge in [0.15, 0.2) is 5.78 Å². The van der Waals surface area contributed by atoms with Crippen molar-refractivity contribution in [3.63, 3.8) is 0 Å². The fourth-order valence-electron chi connectivity index (χ4n) is 3.03. The molecule has 0 radical (unpaired) electrons. The summed E-state index contributed by atoms with van der Waals surface area (Å²) in [5.41, 5.74) is 4.24. The molecule has 1 atom stereocenters. The molecule has 6 heteroatoms. The van der Waals surface area contributed by atoms with E-state index in [4.69, 9.17) is 16.4 Å². The minimum atomic E-state index is -0.0562. The lowest BCUT2D eigenvalue weighted by molar-refractivity contribution is 0.0720. The fraction of sp³-hybridized carbons (Fsp3) is 0.190. The average Bonchev–Trinajstić information content (AvgIpc) is 3.36. The van der Waals surface area contributed by atoms with Crippen molar-refractivity contribution in [1.82, 2.24) is 4.98 Å². The lowest BCUT2D eigenvalue weighted by atomic mass is 9.99. The van der Waals surface area contributed by atoms with E-state index in [1.165, 1.54) is 11.3 Å². The molecule has 3 heterocycles. The van der Waals surface area contributed by atoms with Crippen LogP contribution in [-0.4, -0.2) is 22.6 Å². The van der Waals surface area contributed by atoms with Crippen LogP contribution in [0.15, 0.2) is 66.1 Å². The number of rotatable bonds is 6. The van der Waals surface area contributed by atoms with Gasteiger partial charge in [-0.3, -0.25) is 9.78 Å². The Labute approximate surface area is 166 Å². The first-order valence-corrected chi connectivity index (χ1v) is 9.90. The molecule has 1 aromatic carbocycles. The summed E-state index contributed by atoms with van der Waals surface area (Å²) in [5.74, 6) is 0.102. The van der Waals surface area contributed by atoms with Crippen LogP contribution in [0.5, 0.6) is 0 Å². The van der Waals surface area contributed by atoms with Gasteiger partial charge in [0.1, 0.15) is 6.10 Å². The minimum absolute atomic E-state index is 0.0562. The van der Waals surface area contributed by atoms with Crippen LogP contribution in [0.25, 0.3) is 11.1 Å². The SMILES string of the molecule is O=C(CCC1CC(c2ccc(-c3ccncc3)cc2)=NO1)c1ccc(Cl)s1. The maximum Gasteiger partial charge on any atom is 0.172 e. The number of hydrogen-bond acceptors (Lipinski definition) is 5. The van der Waals surface area contributed by atoms with Crippen LogP contribution in [0.3, 0.4) is 0 Å². The summed E-state index contributed by atoms with van der Waals surface area (Å²) in [7, 11) is 0. The third-order valence-corrected chi connectivity index (χ3v) is 5.78. The molecule has 136 valence electrons. The number of oxime groups is 1. The van der Waals surface area contributed by atoms with Crippen molar-refractivity contribution in [3.8, 4) is 11.1 Å². The molecule has 0 N–H and O–H groups in total. The van der Waals surface area contributed by atoms with Crippen molar-refractivity contribution >= 4 is 34.4 Å². The van der Waals surface area contributed by atoms with Crippen LogP contribution in [0.2, 0.25) is 4.34 Å². The summed E-state index contributed by atoms with van der Waals surface area (Å²) in [6.07, 6.45) is 5.32. The van der Waals surface area contributed by atoms with Gasteiger partial charge in [-0.2, -0.15) is 0 Å². The Kier molecular flexibility index (Phi) is 5.32. The third-order valence-electron chi connectivity index (χ3n) is 4.51. The van der Waals surface area contributed by atoms with E-state index in [-0.39, 0.29) is 11.9 Å². The number of carbonyl (C=O) groups excluding carboxylic acids is 1. The summed E-state index contributed by atoms with van der Waals surface area (Å²) in [6.45, 7) is 0. The zero-order valence-corrected chi connectivity index (χ0v) is 16.0. The molecule has 3 aromatic rings. The van der Waals surface area contributed by atoms with Crippen molar-refractivity contribution in [2.45, 2.75) is 25.4 Å². The molecule has 0 spiro atoms. The van der Waals surface area contributed by atoms with Crippen LogP contribution >= 0.6 is 22.9 Å². The van der Waals surface area contributed by atoms with Crippen molar-refractivity contribution < 1.29 is 9.63 Å². The van der Waals surface area contributed by atoms with Gasteiger partial charge >= 0.3 is 0 Å². The highest BCUT2D eigenvalue weighted by atomic mass is 35.5. The molecule has 0 amide bonds. The van der Waals surface area contributed by atoms with E-state index in [0.717, 1.165) is 22.4 Å². The van der Waals surface area contributed by atoms with Crippen LogP contribution in [0.4, 0.5) is 0 Å². The average molecular weight is 397 g/mol. The molecule has 0 aliphatic carbocycles. The second-order valence-electron chi connectivity index (χ2n) is 6.35. The maximum atomic E-state index is 12.2. The van der Waals surface area contributed by atoms with Crippen LogP contribution in [-0.2, 0) is 4.84 Å². The van der Waals surface area contributed by atoms with Gasteiger partial charge in [0.25, 0.3) is 0 Å². The molecule has 2 aromatic heterocycles. The summed E-state index contributed by atoms with van der Waals surface area (Å²) >= 11 is 7.21. The Morgan fingerprint density at radius 2 is 1.74 bits per heavy atom. The quantitative estimate of drug-likeness (QED) is 0.508. The summed E-state index contributed by atoms with van der Waals surface area (Å²) < 4.78 is 0.635. The normalized spacial score (nSPS) is 16.0. The second kappa shape index (κ2) is 8.03. The molecule has 4 nitrogen and oxygen atoms in total. The number of nitrogens with zero attached hydrogens (tertiary/aromatic N) is 2. The molecule has 0 fully saturated rings. The number of hydrogen-bond donors (Lipinski definition) is 0. The Morgan fingerprint density at radius 3 is 2.44 bits per heavy atom. The molecule has 1 unspecified atom stereocenters. The highest BCUT2D eigenvalue weighted by Crippen LogP contribution is 2.26. The third kappa shape index (κ3) is 4.26. The first-order valence-electron chi connectivity index (χ1n) is 8.71. The molecule has 27 heavy (non-hydrogen) atoms. The van der Waals surface area contributed by atoms with Crippen molar-refractivity contribution in [1.29, 1.82) is 0 Å². The van der Waals surface area contributed by atoms with E-state index in [1.807, 2.05) is 12.1 Å². The van der Waals surface area contributed by atoms with Crippen LogP contribution < -0.4 is 0 Å². The number of carbonyl (C=O) groups is 1. The van der Waals surface area contributed by atoms with Gasteiger partial charge in [0.05, 0.1) is 14.9 Å². The van der Waals surface area contributed by atoms with E-state index in [2.05, 4.69) is 34.4 Å². The summed E-state index contributed by atoms with van der Waals surface area (Å²) in [6, 6.07) is 15.8. The van der Waals surface area contributed by atoms with E-state index in [1.54, 1.807) is 24.5 Å². The number of thiophene rings is 1. The molecule has 1 aliphatic heterocycles. The Balaban J connectivity index is 1.33. The zero-order valence-electron chi connectivity index (χ0n) is 14.5. The standard InChI is InChI=1S/C21H17ClN2O2S/c22-21-8-7-20(27-21)19(25)6-5-17-13-18(24-26-17)16-3-1-14(2-4-16)15-9-11-23-12-10-15/h1-4,7-12,17H,5-6,13H2. The van der Waals surface area contributed by atoms with Gasteiger partial charge < -0.3 is 4.84 Å². The monoisotopic (exact) mass is 396 g/mol. The summed E-state index contributed by atoms with van der Waals surface area (Å²) in [4.78, 5) is 22.5. The largest absolute Gasteiger partial charge is 0.392 e. The van der Waals surface area contributed by atoms with Gasteiger partial charge in [-0.25, -0.2) is 0 Å². The van der Waals surface area contributed by atoms with Gasteiger partial charge in [0, 0.05) is 25.2 Å². The zero-order chi connectivity index (χ0) is 18.6. The van der Waals surface area contributed by atoms with Crippen molar-refractivity contribution in [2.24, 2.45) is 5.16 Å². The minimum Gasteiger partial charge on any atom is -0.392 e. The number of pyridine rings is 1. The summed E-state index contributed by atoms with van der Waals surface area (Å²) in [5, 5.41) is 4.22. The lowest BCUT2D eigenvalue weighted by Crippen LogP contribution is -2.11. The number of halogens is 1. The van der Waals surface area contributed by atoms with Gasteiger partial charge in [-0.05, 0) is 47.4 Å². The molecular weight excluding hydrogens is 380 g/mol. The van der Waals surface area contributed by atoms with E-state index in [9.17, 15) is 4.79 Å². The fourth-order valence-corrected chi connectivity index (χ4v) is 4.04. The number of benzene rings is 1. The van der Waals surface area contributed by atoms with E-state index in [0.29, 0.717) is 28.5 Å². The molecule has 4 rings (SSSR count). The van der Waals surface area contributed by atoms with Gasteiger partial charge in [-0.1, -0.05) is 41.0 Å². The van der Waals surface area contributed by atoms with Crippen molar-refractivity contribution in [2.75, 3.05) is 0 Å². The maximum absolute atomic E-state index is 12.2. The topological polar surface area (TPSA) is 51.5 Å². The van der Waals surface area contributed by atoms with Crippen molar-refractivity contribution in [3.05, 3.63) is 75.7 Å². The number of aromatic nitrogens is 1. The first-order chi connectivity index (χ1) is 13.2.